The fraction of sp³-hybridized carbons (Fsp3) is 0.214. The van der Waals surface area contributed by atoms with Gasteiger partial charge in [0.05, 0.1) is 29.7 Å². The molecule has 6 rings (SSSR count). The second-order valence-electron chi connectivity index (χ2n) is 8.80. The van der Waals surface area contributed by atoms with Crippen molar-refractivity contribution in [2.45, 2.75) is 22.4 Å². The van der Waals surface area contributed by atoms with Gasteiger partial charge in [0.1, 0.15) is 23.4 Å². The van der Waals surface area contributed by atoms with E-state index in [-0.39, 0.29) is 11.7 Å². The molecule has 2 aromatic carbocycles. The van der Waals surface area contributed by atoms with E-state index in [1.54, 1.807) is 43.5 Å². The van der Waals surface area contributed by atoms with Crippen molar-refractivity contribution < 1.29 is 14.2 Å². The van der Waals surface area contributed by atoms with Crippen LogP contribution in [0.3, 0.4) is 0 Å². The number of morpholine rings is 1. The number of hydrogen-bond donors (Lipinski definition) is 2. The third kappa shape index (κ3) is 4.87. The Hall–Kier alpha value is -3.95. The van der Waals surface area contributed by atoms with Crippen LogP contribution >= 0.6 is 11.8 Å². The topological polar surface area (TPSA) is 88.7 Å². The molecular formula is C28H26N4O4S. The summed E-state index contributed by atoms with van der Waals surface area (Å²) in [6, 6.07) is 17.8. The van der Waals surface area contributed by atoms with E-state index in [9.17, 15) is 4.79 Å². The summed E-state index contributed by atoms with van der Waals surface area (Å²) in [5.74, 6) is 2.41. The smallest absolute Gasteiger partial charge is 0.249 e. The van der Waals surface area contributed by atoms with Crippen LogP contribution in [0.1, 0.15) is 17.2 Å². The minimum absolute atomic E-state index is 0.109. The summed E-state index contributed by atoms with van der Waals surface area (Å²) in [5, 5.41) is 3.47. The van der Waals surface area contributed by atoms with Crippen molar-refractivity contribution in [3.05, 3.63) is 94.7 Å². The molecule has 1 saturated heterocycles. The first-order chi connectivity index (χ1) is 18.2. The van der Waals surface area contributed by atoms with Crippen molar-refractivity contribution in [1.82, 2.24) is 9.97 Å². The summed E-state index contributed by atoms with van der Waals surface area (Å²) in [4.78, 5) is 22.9. The van der Waals surface area contributed by atoms with Gasteiger partial charge in [0.15, 0.2) is 0 Å². The van der Waals surface area contributed by atoms with Crippen LogP contribution in [0.25, 0.3) is 0 Å². The molecule has 0 spiro atoms. The minimum atomic E-state index is -0.165. The Balaban J connectivity index is 1.20. The maximum absolute atomic E-state index is 11.8. The summed E-state index contributed by atoms with van der Waals surface area (Å²) in [6.45, 7) is 2.57. The number of nitrogens with one attached hydrogen (secondary N) is 2. The van der Waals surface area contributed by atoms with Crippen molar-refractivity contribution in [3.63, 3.8) is 0 Å². The second-order valence-corrected chi connectivity index (χ2v) is 9.88. The predicted molar refractivity (Wildman–Crippen MR) is 143 cm³/mol. The summed E-state index contributed by atoms with van der Waals surface area (Å²) in [5.41, 5.74) is 3.83. The molecule has 8 nitrogen and oxygen atoms in total. The van der Waals surface area contributed by atoms with Crippen molar-refractivity contribution in [3.8, 4) is 17.2 Å². The number of H-pyrrole nitrogens is 1. The summed E-state index contributed by atoms with van der Waals surface area (Å²) >= 11 is 1.69. The van der Waals surface area contributed by atoms with Crippen LogP contribution in [0.15, 0.2) is 87.8 Å². The number of ether oxygens (including phenoxy) is 3. The van der Waals surface area contributed by atoms with Gasteiger partial charge in [-0.3, -0.25) is 9.78 Å². The van der Waals surface area contributed by atoms with Crippen LogP contribution in [-0.4, -0.2) is 36.8 Å². The molecule has 1 fully saturated rings. The number of benzene rings is 2. The van der Waals surface area contributed by atoms with Crippen LogP contribution in [0.5, 0.6) is 17.2 Å². The number of pyridine rings is 2. The van der Waals surface area contributed by atoms with Crippen LogP contribution in [0.2, 0.25) is 0 Å². The van der Waals surface area contributed by atoms with Gasteiger partial charge in [0.25, 0.3) is 0 Å². The van der Waals surface area contributed by atoms with Gasteiger partial charge in [-0.25, -0.2) is 0 Å². The first-order valence-electron chi connectivity index (χ1n) is 12.1. The number of hydrogen-bond acceptors (Lipinski definition) is 8. The predicted octanol–water partition coefficient (Wildman–Crippen LogP) is 5.23. The van der Waals surface area contributed by atoms with E-state index in [4.69, 9.17) is 14.2 Å². The molecular weight excluding hydrogens is 488 g/mol. The Morgan fingerprint density at radius 2 is 2.14 bits per heavy atom. The number of aromatic nitrogens is 2. The van der Waals surface area contributed by atoms with E-state index >= 15 is 0 Å². The molecule has 0 bridgehead atoms. The standard InChI is InChI=1S/C28H26N4O4S/c1-34-23-16-29-9-7-18(23)15-31-19-5-6-22-26(13-19)37-25-4-2-3-21(28(25)36-22)24-17-32(11-12-35-24)20-8-10-30-27(33)14-20/h2-10,13-14,16,24,31H,11-12,15,17H2,1H3,(H,30,33). The van der Waals surface area contributed by atoms with Crippen LogP contribution < -0.4 is 25.2 Å². The first kappa shape index (κ1) is 23.4. The highest BCUT2D eigenvalue weighted by Crippen LogP contribution is 2.50. The summed E-state index contributed by atoms with van der Waals surface area (Å²) in [6.07, 6.45) is 5.00. The van der Waals surface area contributed by atoms with Gasteiger partial charge in [-0.05, 0) is 36.4 Å². The fourth-order valence-electron chi connectivity index (χ4n) is 4.62. The molecule has 9 heteroatoms. The number of para-hydroxylation sites is 1. The highest BCUT2D eigenvalue weighted by atomic mass is 32.2. The Morgan fingerprint density at radius 1 is 1.19 bits per heavy atom. The van der Waals surface area contributed by atoms with Crippen molar-refractivity contribution in [2.75, 3.05) is 37.0 Å². The number of anilines is 2. The van der Waals surface area contributed by atoms with Gasteiger partial charge < -0.3 is 29.4 Å². The molecule has 2 aliphatic rings. The van der Waals surface area contributed by atoms with E-state index < -0.39 is 0 Å². The van der Waals surface area contributed by atoms with Crippen LogP contribution in [0, 0.1) is 0 Å². The maximum atomic E-state index is 11.8. The lowest BCUT2D eigenvalue weighted by molar-refractivity contribution is 0.0383. The maximum Gasteiger partial charge on any atom is 0.249 e. The van der Waals surface area contributed by atoms with Gasteiger partial charge in [-0.1, -0.05) is 23.9 Å². The minimum Gasteiger partial charge on any atom is -0.495 e. The average molecular weight is 515 g/mol. The second kappa shape index (κ2) is 10.2. The molecule has 1 atom stereocenters. The lowest BCUT2D eigenvalue weighted by atomic mass is 10.1. The molecule has 188 valence electrons. The number of aromatic amines is 1. The zero-order valence-electron chi connectivity index (χ0n) is 20.3. The van der Waals surface area contributed by atoms with E-state index in [1.807, 2.05) is 30.3 Å². The van der Waals surface area contributed by atoms with Gasteiger partial charge in [-0.2, -0.15) is 0 Å². The van der Waals surface area contributed by atoms with Crippen molar-refractivity contribution >= 4 is 23.1 Å². The highest BCUT2D eigenvalue weighted by molar-refractivity contribution is 7.99. The van der Waals surface area contributed by atoms with Crippen molar-refractivity contribution in [2.24, 2.45) is 0 Å². The molecule has 0 aliphatic carbocycles. The first-order valence-corrected chi connectivity index (χ1v) is 12.9. The lowest BCUT2D eigenvalue weighted by Crippen LogP contribution is -2.39. The van der Waals surface area contributed by atoms with Crippen LogP contribution in [-0.2, 0) is 11.3 Å². The number of nitrogens with zero attached hydrogens (tertiary/aromatic N) is 2. The molecule has 0 radical (unpaired) electrons. The monoisotopic (exact) mass is 514 g/mol. The molecule has 2 aromatic heterocycles. The Morgan fingerprint density at radius 3 is 3.03 bits per heavy atom. The molecule has 4 aromatic rings. The summed E-state index contributed by atoms with van der Waals surface area (Å²) < 4.78 is 18.0. The lowest BCUT2D eigenvalue weighted by Gasteiger charge is -2.35. The van der Waals surface area contributed by atoms with Gasteiger partial charge in [0.2, 0.25) is 5.56 Å². The SMILES string of the molecule is COc1cnccc1CNc1ccc2c(c1)Sc1cccc(C3CN(c4cc[nH]c(=O)c4)CCO3)c1O2. The van der Waals surface area contributed by atoms with Gasteiger partial charge >= 0.3 is 0 Å². The molecule has 2 N–H and O–H groups in total. The third-order valence-corrected chi connectivity index (χ3v) is 7.58. The zero-order chi connectivity index (χ0) is 25.2. The molecule has 2 aliphatic heterocycles. The van der Waals surface area contributed by atoms with E-state index in [0.29, 0.717) is 19.7 Å². The van der Waals surface area contributed by atoms with Crippen molar-refractivity contribution in [1.29, 1.82) is 0 Å². The largest absolute Gasteiger partial charge is 0.495 e. The quantitative estimate of drug-likeness (QED) is 0.319. The fourth-order valence-corrected chi connectivity index (χ4v) is 5.66. The number of methoxy groups -OCH3 is 1. The molecule has 0 amide bonds. The Bertz CT molecular complexity index is 1490. The Kier molecular flexibility index (Phi) is 6.46. The van der Waals surface area contributed by atoms with E-state index in [0.717, 1.165) is 56.1 Å². The zero-order valence-corrected chi connectivity index (χ0v) is 21.1. The molecule has 0 saturated carbocycles. The molecule has 1 unspecified atom stereocenters. The van der Waals surface area contributed by atoms with Gasteiger partial charge in [0, 0.05) is 60.6 Å². The van der Waals surface area contributed by atoms with Crippen LogP contribution in [0.4, 0.5) is 11.4 Å². The number of rotatable bonds is 6. The summed E-state index contributed by atoms with van der Waals surface area (Å²) in [7, 11) is 1.65. The van der Waals surface area contributed by atoms with E-state index in [1.165, 1.54) is 0 Å². The third-order valence-electron chi connectivity index (χ3n) is 6.50. The molecule has 37 heavy (non-hydrogen) atoms. The Labute approximate surface area is 218 Å². The van der Waals surface area contributed by atoms with Gasteiger partial charge in [-0.15, -0.1) is 0 Å². The highest BCUT2D eigenvalue weighted by Gasteiger charge is 2.29. The average Bonchev–Trinajstić information content (AvgIpc) is 2.94. The number of fused-ring (bicyclic) bond motifs is 2. The van der Waals surface area contributed by atoms with E-state index in [2.05, 4.69) is 38.4 Å². The normalized spacial score (nSPS) is 16.4. The molecule has 4 heterocycles.